The van der Waals surface area contributed by atoms with Crippen LogP contribution in [0.1, 0.15) is 26.7 Å². The van der Waals surface area contributed by atoms with Crippen molar-refractivity contribution >= 4 is 10.0 Å². The monoisotopic (exact) mass is 331 g/mol. The van der Waals surface area contributed by atoms with Crippen molar-refractivity contribution in [2.75, 3.05) is 26.8 Å². The van der Waals surface area contributed by atoms with E-state index in [9.17, 15) is 13.5 Å². The molecule has 1 atom stereocenters. The van der Waals surface area contributed by atoms with Crippen LogP contribution in [-0.2, 0) is 21.3 Å². The first-order valence-electron chi connectivity index (χ1n) is 7.44. The Balaban J connectivity index is 2.20. The van der Waals surface area contributed by atoms with E-state index in [4.69, 9.17) is 4.74 Å². The van der Waals surface area contributed by atoms with Gasteiger partial charge >= 0.3 is 0 Å². The molecule has 0 saturated carbocycles. The SMILES string of the molecule is COCCn1cc(S(=O)(=O)N2CC[C@H](O)CC(C)(C)C2)cn1. The van der Waals surface area contributed by atoms with Crippen LogP contribution >= 0.6 is 0 Å². The Morgan fingerprint density at radius 2 is 2.23 bits per heavy atom. The molecule has 0 bridgehead atoms. The lowest BCUT2D eigenvalue weighted by molar-refractivity contribution is 0.122. The van der Waals surface area contributed by atoms with Gasteiger partial charge in [-0.1, -0.05) is 13.8 Å². The summed E-state index contributed by atoms with van der Waals surface area (Å²) in [5.41, 5.74) is -0.255. The fourth-order valence-electron chi connectivity index (χ4n) is 2.79. The zero-order valence-electron chi connectivity index (χ0n) is 13.4. The molecule has 0 radical (unpaired) electrons. The third-order valence-corrected chi connectivity index (χ3v) is 5.67. The van der Waals surface area contributed by atoms with E-state index >= 15 is 0 Å². The average Bonchev–Trinajstić information content (AvgIpc) is 2.84. The number of aliphatic hydroxyl groups is 1. The highest BCUT2D eigenvalue weighted by atomic mass is 32.2. The normalized spacial score (nSPS) is 23.4. The highest BCUT2D eigenvalue weighted by Gasteiger charge is 2.35. The van der Waals surface area contributed by atoms with E-state index < -0.39 is 16.1 Å². The predicted octanol–water partition coefficient (Wildman–Crippen LogP) is 0.701. The Morgan fingerprint density at radius 1 is 1.50 bits per heavy atom. The molecule has 1 aliphatic rings. The smallest absolute Gasteiger partial charge is 0.246 e. The third kappa shape index (κ3) is 4.07. The van der Waals surface area contributed by atoms with Crippen LogP contribution in [0.3, 0.4) is 0 Å². The number of rotatable bonds is 5. The molecule has 0 unspecified atom stereocenters. The van der Waals surface area contributed by atoms with Gasteiger partial charge in [0.25, 0.3) is 0 Å². The molecule has 2 rings (SSSR count). The van der Waals surface area contributed by atoms with Gasteiger partial charge in [0.1, 0.15) is 4.90 Å². The Labute approximate surface area is 131 Å². The molecule has 1 aromatic rings. The van der Waals surface area contributed by atoms with Gasteiger partial charge in [0.2, 0.25) is 10.0 Å². The van der Waals surface area contributed by atoms with E-state index in [1.165, 1.54) is 16.7 Å². The predicted molar refractivity (Wildman–Crippen MR) is 81.9 cm³/mol. The van der Waals surface area contributed by atoms with E-state index in [-0.39, 0.29) is 10.3 Å². The maximum atomic E-state index is 12.8. The van der Waals surface area contributed by atoms with Gasteiger partial charge in [0.05, 0.1) is 25.5 Å². The second-order valence-corrected chi connectivity index (χ2v) is 8.52. The number of nitrogens with zero attached hydrogens (tertiary/aromatic N) is 3. The molecule has 0 amide bonds. The van der Waals surface area contributed by atoms with Crippen LogP contribution < -0.4 is 0 Å². The van der Waals surface area contributed by atoms with Crippen molar-refractivity contribution in [1.29, 1.82) is 0 Å². The van der Waals surface area contributed by atoms with Gasteiger partial charge in [-0.3, -0.25) is 4.68 Å². The fourth-order valence-corrected chi connectivity index (χ4v) is 4.39. The number of hydrogen-bond donors (Lipinski definition) is 1. The van der Waals surface area contributed by atoms with Crippen LogP contribution in [0.4, 0.5) is 0 Å². The average molecular weight is 331 g/mol. The second kappa shape index (κ2) is 6.66. The van der Waals surface area contributed by atoms with Crippen molar-refractivity contribution in [1.82, 2.24) is 14.1 Å². The first-order valence-corrected chi connectivity index (χ1v) is 8.88. The highest BCUT2D eigenvalue weighted by Crippen LogP contribution is 2.31. The summed E-state index contributed by atoms with van der Waals surface area (Å²) < 4.78 is 33.5. The van der Waals surface area contributed by atoms with Gasteiger partial charge in [-0.25, -0.2) is 8.42 Å². The van der Waals surface area contributed by atoms with Crippen LogP contribution in [-0.4, -0.2) is 60.5 Å². The maximum absolute atomic E-state index is 12.8. The third-order valence-electron chi connectivity index (χ3n) is 3.88. The largest absolute Gasteiger partial charge is 0.393 e. The topological polar surface area (TPSA) is 84.7 Å². The number of hydrogen-bond acceptors (Lipinski definition) is 5. The molecule has 2 heterocycles. The molecule has 126 valence electrons. The first-order chi connectivity index (χ1) is 10.2. The molecule has 0 aliphatic carbocycles. The Hall–Kier alpha value is -0.960. The Bertz CT molecular complexity index is 597. The van der Waals surface area contributed by atoms with E-state index in [1.807, 2.05) is 13.8 Å². The van der Waals surface area contributed by atoms with Crippen molar-refractivity contribution in [3.63, 3.8) is 0 Å². The van der Waals surface area contributed by atoms with Crippen LogP contribution in [0, 0.1) is 5.41 Å². The van der Waals surface area contributed by atoms with Gasteiger partial charge in [-0.15, -0.1) is 0 Å². The van der Waals surface area contributed by atoms with Gasteiger partial charge in [-0.2, -0.15) is 9.40 Å². The van der Waals surface area contributed by atoms with E-state index in [1.54, 1.807) is 11.8 Å². The van der Waals surface area contributed by atoms with Gasteiger partial charge in [0.15, 0.2) is 0 Å². The molecule has 1 aromatic heterocycles. The number of sulfonamides is 1. The summed E-state index contributed by atoms with van der Waals surface area (Å²) in [6.45, 7) is 5.67. The standard InChI is InChI=1S/C14H25N3O4S/c1-14(2)8-12(18)4-5-17(11-14)22(19,20)13-9-15-16(10-13)6-7-21-3/h9-10,12,18H,4-8,11H2,1-3H3/t12-/m0/s1. The lowest BCUT2D eigenvalue weighted by Gasteiger charge is -2.28. The van der Waals surface area contributed by atoms with Gasteiger partial charge in [-0.05, 0) is 18.3 Å². The molecular weight excluding hydrogens is 306 g/mol. The number of aromatic nitrogens is 2. The number of methoxy groups -OCH3 is 1. The van der Waals surface area contributed by atoms with Crippen LogP contribution in [0.25, 0.3) is 0 Å². The van der Waals surface area contributed by atoms with Crippen molar-refractivity contribution in [3.8, 4) is 0 Å². The summed E-state index contributed by atoms with van der Waals surface area (Å²) >= 11 is 0. The van der Waals surface area contributed by atoms with Crippen LogP contribution in [0.5, 0.6) is 0 Å². The van der Waals surface area contributed by atoms with E-state index in [0.29, 0.717) is 39.1 Å². The number of ether oxygens (including phenoxy) is 1. The van der Waals surface area contributed by atoms with Crippen molar-refractivity contribution in [2.45, 2.75) is 44.2 Å². The molecule has 0 aromatic carbocycles. The minimum atomic E-state index is -3.59. The second-order valence-electron chi connectivity index (χ2n) is 6.58. The number of aliphatic hydroxyl groups excluding tert-OH is 1. The summed E-state index contributed by atoms with van der Waals surface area (Å²) in [6.07, 6.45) is 3.51. The molecule has 1 saturated heterocycles. The zero-order chi connectivity index (χ0) is 16.4. The molecule has 1 fully saturated rings. The van der Waals surface area contributed by atoms with Crippen molar-refractivity contribution in [2.24, 2.45) is 5.41 Å². The highest BCUT2D eigenvalue weighted by molar-refractivity contribution is 7.89. The molecule has 1 aliphatic heterocycles. The lowest BCUT2D eigenvalue weighted by Crippen LogP contribution is -2.37. The molecule has 22 heavy (non-hydrogen) atoms. The summed E-state index contributed by atoms with van der Waals surface area (Å²) in [7, 11) is -2.00. The quantitative estimate of drug-likeness (QED) is 0.858. The molecule has 7 nitrogen and oxygen atoms in total. The zero-order valence-corrected chi connectivity index (χ0v) is 14.2. The van der Waals surface area contributed by atoms with E-state index in [0.717, 1.165) is 0 Å². The molecular formula is C14H25N3O4S. The molecule has 1 N–H and O–H groups in total. The van der Waals surface area contributed by atoms with Crippen LogP contribution in [0.2, 0.25) is 0 Å². The first kappa shape index (κ1) is 17.4. The van der Waals surface area contributed by atoms with E-state index in [2.05, 4.69) is 5.10 Å². The summed E-state index contributed by atoms with van der Waals surface area (Å²) in [4.78, 5) is 0.191. The Kier molecular flexibility index (Phi) is 5.26. The lowest BCUT2D eigenvalue weighted by atomic mass is 9.87. The minimum Gasteiger partial charge on any atom is -0.393 e. The van der Waals surface area contributed by atoms with Gasteiger partial charge < -0.3 is 9.84 Å². The Morgan fingerprint density at radius 3 is 2.91 bits per heavy atom. The summed E-state index contributed by atoms with van der Waals surface area (Å²) in [5, 5.41) is 14.0. The summed E-state index contributed by atoms with van der Waals surface area (Å²) in [5.74, 6) is 0. The van der Waals surface area contributed by atoms with Crippen LogP contribution in [0.15, 0.2) is 17.3 Å². The molecule has 0 spiro atoms. The van der Waals surface area contributed by atoms with Gasteiger partial charge in [0, 0.05) is 26.4 Å². The van der Waals surface area contributed by atoms with Crippen molar-refractivity contribution < 1.29 is 18.3 Å². The molecule has 8 heteroatoms. The fraction of sp³-hybridized carbons (Fsp3) is 0.786. The minimum absolute atomic E-state index is 0.191. The van der Waals surface area contributed by atoms with Crippen molar-refractivity contribution in [3.05, 3.63) is 12.4 Å². The summed E-state index contributed by atoms with van der Waals surface area (Å²) in [6, 6.07) is 0. The maximum Gasteiger partial charge on any atom is 0.246 e.